The first-order valence-electron chi connectivity index (χ1n) is 11.5. The van der Waals surface area contributed by atoms with Crippen molar-refractivity contribution in [2.75, 3.05) is 6.61 Å². The maximum atomic E-state index is 12.7. The first-order valence-corrected chi connectivity index (χ1v) is 11.5. The molecule has 2 atom stereocenters. The van der Waals surface area contributed by atoms with E-state index in [1.807, 2.05) is 43.3 Å². The van der Waals surface area contributed by atoms with E-state index in [1.54, 1.807) is 13.8 Å². The highest BCUT2D eigenvalue weighted by atomic mass is 16.5. The second-order valence-corrected chi connectivity index (χ2v) is 8.73. The Morgan fingerprint density at radius 2 is 1.55 bits per heavy atom. The first kappa shape index (κ1) is 24.3. The van der Waals surface area contributed by atoms with Gasteiger partial charge < -0.3 is 20.5 Å². The van der Waals surface area contributed by atoms with E-state index in [-0.39, 0.29) is 18.4 Å². The van der Waals surface area contributed by atoms with Gasteiger partial charge in [-0.05, 0) is 34.6 Å². The molecule has 0 bridgehead atoms. The molecule has 0 radical (unpaired) electrons. The molecule has 0 heterocycles. The summed E-state index contributed by atoms with van der Waals surface area (Å²) >= 11 is 0. The minimum absolute atomic E-state index is 0.0834. The van der Waals surface area contributed by atoms with Crippen LogP contribution in [0.3, 0.4) is 0 Å². The summed E-state index contributed by atoms with van der Waals surface area (Å²) in [5, 5.41) is 14.6. The Kier molecular flexibility index (Phi) is 8.09. The van der Waals surface area contributed by atoms with Crippen molar-refractivity contribution in [3.63, 3.8) is 0 Å². The van der Waals surface area contributed by atoms with Gasteiger partial charge in [-0.1, -0.05) is 82.1 Å². The van der Waals surface area contributed by atoms with Crippen molar-refractivity contribution in [2.24, 2.45) is 5.92 Å². The van der Waals surface area contributed by atoms with Crippen molar-refractivity contribution in [1.29, 1.82) is 0 Å². The lowest BCUT2D eigenvalue weighted by Crippen LogP contribution is -2.53. The van der Waals surface area contributed by atoms with Gasteiger partial charge in [0.2, 0.25) is 5.91 Å². The van der Waals surface area contributed by atoms with Crippen LogP contribution >= 0.6 is 0 Å². The Morgan fingerprint density at radius 1 is 0.970 bits per heavy atom. The number of ether oxygens (including phenoxy) is 1. The Hall–Kier alpha value is -3.35. The SMILES string of the molecule is CCCC[C@H](NC(=O)[C@@H](NC(=O)OCC1c2ccccc2-c2ccccc21)C(C)C)C(=O)O. The third-order valence-corrected chi connectivity index (χ3v) is 6.03. The minimum Gasteiger partial charge on any atom is -0.480 e. The number of fused-ring (bicyclic) bond motifs is 3. The number of carboxylic acids is 1. The smallest absolute Gasteiger partial charge is 0.407 e. The lowest BCUT2D eigenvalue weighted by Gasteiger charge is -2.24. The molecule has 0 aromatic heterocycles. The summed E-state index contributed by atoms with van der Waals surface area (Å²) in [5.74, 6) is -1.94. The highest BCUT2D eigenvalue weighted by Crippen LogP contribution is 2.44. The van der Waals surface area contributed by atoms with Gasteiger partial charge in [0.15, 0.2) is 0 Å². The van der Waals surface area contributed by atoms with Gasteiger partial charge in [-0.2, -0.15) is 0 Å². The van der Waals surface area contributed by atoms with Crippen LogP contribution in [0.2, 0.25) is 0 Å². The van der Waals surface area contributed by atoms with Crippen molar-refractivity contribution in [1.82, 2.24) is 10.6 Å². The number of rotatable bonds is 10. The molecule has 33 heavy (non-hydrogen) atoms. The van der Waals surface area contributed by atoms with Gasteiger partial charge in [-0.15, -0.1) is 0 Å². The molecule has 0 fully saturated rings. The average molecular weight is 453 g/mol. The third kappa shape index (κ3) is 5.72. The Morgan fingerprint density at radius 3 is 2.06 bits per heavy atom. The summed E-state index contributed by atoms with van der Waals surface area (Å²) in [7, 11) is 0. The van der Waals surface area contributed by atoms with Gasteiger partial charge in [0.1, 0.15) is 18.7 Å². The van der Waals surface area contributed by atoms with Crippen molar-refractivity contribution >= 4 is 18.0 Å². The molecule has 176 valence electrons. The average Bonchev–Trinajstić information content (AvgIpc) is 3.12. The first-order chi connectivity index (χ1) is 15.8. The lowest BCUT2D eigenvalue weighted by molar-refractivity contribution is -0.142. The van der Waals surface area contributed by atoms with Crippen LogP contribution in [0.5, 0.6) is 0 Å². The van der Waals surface area contributed by atoms with Crippen molar-refractivity contribution in [2.45, 2.75) is 58.0 Å². The van der Waals surface area contributed by atoms with E-state index in [9.17, 15) is 19.5 Å². The molecule has 2 amide bonds. The monoisotopic (exact) mass is 452 g/mol. The van der Waals surface area contributed by atoms with Crippen LogP contribution in [0.4, 0.5) is 4.79 Å². The number of hydrogen-bond acceptors (Lipinski definition) is 4. The van der Waals surface area contributed by atoms with E-state index in [4.69, 9.17) is 4.74 Å². The van der Waals surface area contributed by atoms with Crippen molar-refractivity contribution in [3.8, 4) is 11.1 Å². The quantitative estimate of drug-likeness (QED) is 0.498. The zero-order chi connectivity index (χ0) is 24.0. The number of aliphatic carboxylic acids is 1. The molecule has 0 aliphatic heterocycles. The maximum Gasteiger partial charge on any atom is 0.407 e. The number of amides is 2. The number of unbranched alkanes of at least 4 members (excludes halogenated alkanes) is 1. The van der Waals surface area contributed by atoms with Crippen LogP contribution in [0.25, 0.3) is 11.1 Å². The normalized spacial score (nSPS) is 14.2. The molecule has 0 unspecified atom stereocenters. The molecule has 0 saturated heterocycles. The molecular weight excluding hydrogens is 420 g/mol. The predicted molar refractivity (Wildman–Crippen MR) is 126 cm³/mol. The van der Waals surface area contributed by atoms with Gasteiger partial charge in [0, 0.05) is 5.92 Å². The Labute approximate surface area is 194 Å². The number of nitrogens with one attached hydrogen (secondary N) is 2. The van der Waals surface area contributed by atoms with Crippen molar-refractivity contribution < 1.29 is 24.2 Å². The molecular formula is C26H32N2O5. The lowest BCUT2D eigenvalue weighted by atomic mass is 9.98. The van der Waals surface area contributed by atoms with Crippen LogP contribution < -0.4 is 10.6 Å². The molecule has 2 aromatic carbocycles. The maximum absolute atomic E-state index is 12.7. The summed E-state index contributed by atoms with van der Waals surface area (Å²) in [6.45, 7) is 5.67. The minimum atomic E-state index is -1.08. The highest BCUT2D eigenvalue weighted by molar-refractivity contribution is 5.89. The molecule has 0 spiro atoms. The molecule has 3 N–H and O–H groups in total. The standard InChI is InChI=1S/C26H32N2O5/c1-4-5-14-22(25(30)31)27-24(29)23(16(2)3)28-26(32)33-15-21-19-12-8-6-10-17(19)18-11-7-9-13-20(18)21/h6-13,16,21-23H,4-5,14-15H2,1-3H3,(H,27,29)(H,28,32)(H,30,31)/t22-,23-/m0/s1. The summed E-state index contributed by atoms with van der Waals surface area (Å²) < 4.78 is 5.54. The molecule has 2 aromatic rings. The van der Waals surface area contributed by atoms with E-state index in [1.165, 1.54) is 0 Å². The molecule has 7 nitrogen and oxygen atoms in total. The molecule has 0 saturated carbocycles. The van der Waals surface area contributed by atoms with E-state index < -0.39 is 30.1 Å². The van der Waals surface area contributed by atoms with Crippen LogP contribution in [0.1, 0.15) is 57.1 Å². The van der Waals surface area contributed by atoms with Crippen molar-refractivity contribution in [3.05, 3.63) is 59.7 Å². The summed E-state index contributed by atoms with van der Waals surface area (Å²) in [5.41, 5.74) is 4.47. The summed E-state index contributed by atoms with van der Waals surface area (Å²) in [6.07, 6.45) is 1.15. The molecule has 1 aliphatic rings. The molecule has 1 aliphatic carbocycles. The van der Waals surface area contributed by atoms with Crippen LogP contribution in [-0.2, 0) is 14.3 Å². The highest BCUT2D eigenvalue weighted by Gasteiger charge is 2.31. The molecule has 7 heteroatoms. The summed E-state index contributed by atoms with van der Waals surface area (Å²) in [4.78, 5) is 36.8. The van der Waals surface area contributed by atoms with Gasteiger partial charge >= 0.3 is 12.1 Å². The fraction of sp³-hybridized carbons (Fsp3) is 0.423. The predicted octanol–water partition coefficient (Wildman–Crippen LogP) is 4.31. The number of carbonyl (C=O) groups is 3. The second-order valence-electron chi connectivity index (χ2n) is 8.73. The van der Waals surface area contributed by atoms with Crippen LogP contribution in [-0.4, -0.2) is 41.8 Å². The van der Waals surface area contributed by atoms with E-state index in [0.717, 1.165) is 28.7 Å². The Bertz CT molecular complexity index is 958. The number of carboxylic acid groups (broad SMARTS) is 1. The van der Waals surface area contributed by atoms with E-state index >= 15 is 0 Å². The fourth-order valence-corrected chi connectivity index (χ4v) is 4.23. The van der Waals surface area contributed by atoms with Gasteiger partial charge in [-0.3, -0.25) is 4.79 Å². The number of benzene rings is 2. The summed E-state index contributed by atoms with van der Waals surface area (Å²) in [6, 6.07) is 14.2. The van der Waals surface area contributed by atoms with Crippen LogP contribution in [0, 0.1) is 5.92 Å². The topological polar surface area (TPSA) is 105 Å². The zero-order valence-corrected chi connectivity index (χ0v) is 19.3. The Balaban J connectivity index is 1.64. The third-order valence-electron chi connectivity index (χ3n) is 6.03. The van der Waals surface area contributed by atoms with E-state index in [2.05, 4.69) is 22.8 Å². The largest absolute Gasteiger partial charge is 0.480 e. The molecule has 3 rings (SSSR count). The van der Waals surface area contributed by atoms with Gasteiger partial charge in [0.05, 0.1) is 0 Å². The van der Waals surface area contributed by atoms with Crippen LogP contribution in [0.15, 0.2) is 48.5 Å². The second kappa shape index (κ2) is 11.0. The van der Waals surface area contributed by atoms with Gasteiger partial charge in [0.25, 0.3) is 0 Å². The fourth-order valence-electron chi connectivity index (χ4n) is 4.23. The number of hydrogen-bond donors (Lipinski definition) is 3. The zero-order valence-electron chi connectivity index (χ0n) is 19.3. The number of carbonyl (C=O) groups excluding carboxylic acids is 2. The number of alkyl carbamates (subject to hydrolysis) is 1. The van der Waals surface area contributed by atoms with Gasteiger partial charge in [-0.25, -0.2) is 9.59 Å². The van der Waals surface area contributed by atoms with E-state index in [0.29, 0.717) is 12.8 Å².